The van der Waals surface area contributed by atoms with Gasteiger partial charge in [-0.1, -0.05) is 31.1 Å². The van der Waals surface area contributed by atoms with Crippen LogP contribution < -0.4 is 0 Å². The van der Waals surface area contributed by atoms with Crippen molar-refractivity contribution in [3.8, 4) is 0 Å². The molecular formula is C11H16O. The summed E-state index contributed by atoms with van der Waals surface area (Å²) in [6.07, 6.45) is 11.8. The fraction of sp³-hybridized carbons (Fsp3) is 0.636. The third-order valence-electron chi connectivity index (χ3n) is 3.15. The van der Waals surface area contributed by atoms with Gasteiger partial charge in [-0.3, -0.25) is 0 Å². The molecule has 12 heavy (non-hydrogen) atoms. The first-order valence-electron chi connectivity index (χ1n) is 4.90. The second-order valence-electron chi connectivity index (χ2n) is 3.84. The molecule has 0 aromatic carbocycles. The van der Waals surface area contributed by atoms with Crippen LogP contribution in [0.15, 0.2) is 23.8 Å². The highest BCUT2D eigenvalue weighted by atomic mass is 16.3. The van der Waals surface area contributed by atoms with Crippen molar-refractivity contribution in [3.63, 3.8) is 0 Å². The van der Waals surface area contributed by atoms with E-state index in [0.29, 0.717) is 5.92 Å². The minimum absolute atomic E-state index is 0.255. The van der Waals surface area contributed by atoms with Gasteiger partial charge in [0.1, 0.15) is 0 Å². The van der Waals surface area contributed by atoms with Gasteiger partial charge in [0.05, 0.1) is 6.61 Å². The molecule has 0 heterocycles. The molecule has 2 aliphatic carbocycles. The van der Waals surface area contributed by atoms with Crippen molar-refractivity contribution in [1.29, 1.82) is 0 Å². The van der Waals surface area contributed by atoms with Gasteiger partial charge in [0.2, 0.25) is 0 Å². The van der Waals surface area contributed by atoms with E-state index < -0.39 is 0 Å². The second-order valence-corrected chi connectivity index (χ2v) is 3.84. The smallest absolute Gasteiger partial charge is 0.0647 e. The predicted octanol–water partition coefficient (Wildman–Crippen LogP) is 2.28. The van der Waals surface area contributed by atoms with Gasteiger partial charge >= 0.3 is 0 Å². The molecule has 0 spiro atoms. The van der Waals surface area contributed by atoms with Gasteiger partial charge in [-0.25, -0.2) is 0 Å². The fourth-order valence-electron chi connectivity index (χ4n) is 2.47. The van der Waals surface area contributed by atoms with Crippen molar-refractivity contribution in [3.05, 3.63) is 23.8 Å². The van der Waals surface area contributed by atoms with Gasteiger partial charge in [0.15, 0.2) is 0 Å². The highest BCUT2D eigenvalue weighted by Gasteiger charge is 2.26. The molecule has 1 fully saturated rings. The highest BCUT2D eigenvalue weighted by molar-refractivity contribution is 5.24. The zero-order valence-electron chi connectivity index (χ0n) is 7.37. The summed E-state index contributed by atoms with van der Waals surface area (Å²) in [5.41, 5.74) is 1.25. The van der Waals surface area contributed by atoms with Gasteiger partial charge in [0.25, 0.3) is 0 Å². The van der Waals surface area contributed by atoms with E-state index in [4.69, 9.17) is 5.11 Å². The summed E-state index contributed by atoms with van der Waals surface area (Å²) in [4.78, 5) is 0. The van der Waals surface area contributed by atoms with Gasteiger partial charge < -0.3 is 5.11 Å². The van der Waals surface area contributed by atoms with Crippen molar-refractivity contribution in [2.24, 2.45) is 11.8 Å². The first-order chi connectivity index (χ1) is 5.92. The predicted molar refractivity (Wildman–Crippen MR) is 49.8 cm³/mol. The van der Waals surface area contributed by atoms with Crippen LogP contribution in [0.25, 0.3) is 0 Å². The van der Waals surface area contributed by atoms with Gasteiger partial charge in [0, 0.05) is 0 Å². The van der Waals surface area contributed by atoms with Crippen LogP contribution in [0, 0.1) is 11.8 Å². The molecule has 0 aliphatic heterocycles. The molecule has 0 unspecified atom stereocenters. The lowest BCUT2D eigenvalue weighted by Gasteiger charge is -2.32. The van der Waals surface area contributed by atoms with Crippen LogP contribution in [0.3, 0.4) is 0 Å². The van der Waals surface area contributed by atoms with Gasteiger partial charge in [-0.05, 0) is 30.3 Å². The monoisotopic (exact) mass is 164 g/mol. The molecule has 66 valence electrons. The van der Waals surface area contributed by atoms with Crippen LogP contribution in [0.4, 0.5) is 0 Å². The summed E-state index contributed by atoms with van der Waals surface area (Å²) in [5, 5.41) is 9.13. The number of rotatable bonds is 1. The van der Waals surface area contributed by atoms with Gasteiger partial charge in [-0.2, -0.15) is 0 Å². The normalized spacial score (nSPS) is 34.2. The van der Waals surface area contributed by atoms with E-state index in [1.165, 1.54) is 31.3 Å². The molecule has 1 nitrogen and oxygen atoms in total. The molecule has 2 atom stereocenters. The van der Waals surface area contributed by atoms with E-state index in [2.05, 4.69) is 18.2 Å². The summed E-state index contributed by atoms with van der Waals surface area (Å²) in [5.74, 6) is 1.39. The van der Waals surface area contributed by atoms with E-state index in [1.54, 1.807) is 0 Å². The van der Waals surface area contributed by atoms with E-state index in [-0.39, 0.29) is 6.61 Å². The van der Waals surface area contributed by atoms with Crippen molar-refractivity contribution in [1.82, 2.24) is 0 Å². The van der Waals surface area contributed by atoms with Crippen molar-refractivity contribution >= 4 is 0 Å². The number of fused-ring (bicyclic) bond motifs is 1. The number of aliphatic hydroxyl groups excluding tert-OH is 1. The standard InChI is InChI=1S/C11H16O/c12-8-10-6-3-5-9-4-1-2-7-11(9)10/h3,5-6,9,11-12H,1-2,4,7-8H2/t9-,11+/m1/s1. The summed E-state index contributed by atoms with van der Waals surface area (Å²) in [6.45, 7) is 0.255. The number of hydrogen-bond donors (Lipinski definition) is 1. The van der Waals surface area contributed by atoms with E-state index in [0.717, 1.165) is 5.92 Å². The Morgan fingerprint density at radius 2 is 2.17 bits per heavy atom. The highest BCUT2D eigenvalue weighted by Crippen LogP contribution is 2.37. The minimum atomic E-state index is 0.255. The SMILES string of the molecule is OCC1=CC=C[C@H]2CCCC[C@H]12. The third kappa shape index (κ3) is 1.34. The lowest BCUT2D eigenvalue weighted by molar-refractivity contribution is 0.261. The molecule has 0 saturated heterocycles. The topological polar surface area (TPSA) is 20.2 Å². The Bertz CT molecular complexity index is 215. The van der Waals surface area contributed by atoms with Crippen LogP contribution in [0.1, 0.15) is 25.7 Å². The molecular weight excluding hydrogens is 148 g/mol. The van der Waals surface area contributed by atoms with Crippen LogP contribution in [0.2, 0.25) is 0 Å². The summed E-state index contributed by atoms with van der Waals surface area (Å²) < 4.78 is 0. The lowest BCUT2D eigenvalue weighted by Crippen LogP contribution is -2.23. The van der Waals surface area contributed by atoms with Crippen molar-refractivity contribution in [2.75, 3.05) is 6.61 Å². The molecule has 0 radical (unpaired) electrons. The Morgan fingerprint density at radius 1 is 1.33 bits per heavy atom. The molecule has 0 aromatic heterocycles. The summed E-state index contributed by atoms with van der Waals surface area (Å²) in [6, 6.07) is 0. The van der Waals surface area contributed by atoms with E-state index >= 15 is 0 Å². The maximum Gasteiger partial charge on any atom is 0.0647 e. The zero-order chi connectivity index (χ0) is 8.39. The molecule has 0 amide bonds. The Kier molecular flexibility index (Phi) is 2.31. The van der Waals surface area contributed by atoms with Crippen LogP contribution in [0.5, 0.6) is 0 Å². The largest absolute Gasteiger partial charge is 0.392 e. The quantitative estimate of drug-likeness (QED) is 0.630. The lowest BCUT2D eigenvalue weighted by atomic mass is 9.73. The van der Waals surface area contributed by atoms with E-state index in [1.807, 2.05) is 0 Å². The fourth-order valence-corrected chi connectivity index (χ4v) is 2.47. The number of allylic oxidation sites excluding steroid dienone is 3. The molecule has 1 saturated carbocycles. The van der Waals surface area contributed by atoms with Crippen molar-refractivity contribution < 1.29 is 5.11 Å². The van der Waals surface area contributed by atoms with Crippen LogP contribution >= 0.6 is 0 Å². The Labute approximate surface area is 73.8 Å². The first-order valence-corrected chi connectivity index (χ1v) is 4.90. The van der Waals surface area contributed by atoms with Crippen LogP contribution in [-0.4, -0.2) is 11.7 Å². The Hall–Kier alpha value is -0.560. The summed E-state index contributed by atoms with van der Waals surface area (Å²) in [7, 11) is 0. The zero-order valence-corrected chi connectivity index (χ0v) is 7.37. The first kappa shape index (κ1) is 8.06. The number of hydrogen-bond acceptors (Lipinski definition) is 1. The van der Waals surface area contributed by atoms with Crippen molar-refractivity contribution in [2.45, 2.75) is 25.7 Å². The maximum absolute atomic E-state index is 9.13. The van der Waals surface area contributed by atoms with Crippen LogP contribution in [-0.2, 0) is 0 Å². The Balaban J connectivity index is 2.14. The van der Waals surface area contributed by atoms with E-state index in [9.17, 15) is 0 Å². The molecule has 0 aromatic rings. The summed E-state index contributed by atoms with van der Waals surface area (Å²) >= 11 is 0. The molecule has 2 rings (SSSR count). The van der Waals surface area contributed by atoms with Gasteiger partial charge in [-0.15, -0.1) is 0 Å². The molecule has 1 N–H and O–H groups in total. The molecule has 0 bridgehead atoms. The maximum atomic E-state index is 9.13. The average molecular weight is 164 g/mol. The minimum Gasteiger partial charge on any atom is -0.392 e. The second kappa shape index (κ2) is 3.44. The average Bonchev–Trinajstić information content (AvgIpc) is 2.17. The third-order valence-corrected chi connectivity index (χ3v) is 3.15. The molecule has 2 aliphatic rings. The number of aliphatic hydroxyl groups is 1. The molecule has 1 heteroatoms. The Morgan fingerprint density at radius 3 is 3.00 bits per heavy atom.